The molecule has 4 heterocycles. The number of amides is 2. The number of rotatable bonds is 3. The van der Waals surface area contributed by atoms with Crippen molar-refractivity contribution in [1.29, 1.82) is 0 Å². The van der Waals surface area contributed by atoms with E-state index in [1.807, 2.05) is 13.8 Å². The molecule has 1 aromatic carbocycles. The van der Waals surface area contributed by atoms with Crippen molar-refractivity contribution in [2.75, 3.05) is 11.9 Å². The first-order chi connectivity index (χ1) is 16.3. The third-order valence-corrected chi connectivity index (χ3v) is 7.89. The molecule has 9 nitrogen and oxygen atoms in total. The summed E-state index contributed by atoms with van der Waals surface area (Å²) in [5.74, 6) is -0.0499. The van der Waals surface area contributed by atoms with Crippen LogP contribution in [0, 0.1) is 5.41 Å². The lowest BCUT2D eigenvalue weighted by Gasteiger charge is -2.54. The Balaban J connectivity index is 1.59. The molecule has 1 aromatic rings. The topological polar surface area (TPSA) is 108 Å². The third-order valence-electron chi connectivity index (χ3n) is 7.89. The van der Waals surface area contributed by atoms with Gasteiger partial charge in [0.15, 0.2) is 5.66 Å². The van der Waals surface area contributed by atoms with Crippen LogP contribution in [-0.4, -0.2) is 62.8 Å². The zero-order chi connectivity index (χ0) is 25.6. The Kier molecular flexibility index (Phi) is 4.88. The Labute approximate surface area is 205 Å². The summed E-state index contributed by atoms with van der Waals surface area (Å²) < 4.78 is 10.6. The Bertz CT molecular complexity index is 1140. The van der Waals surface area contributed by atoms with Crippen LogP contribution >= 0.6 is 0 Å². The first-order valence-corrected chi connectivity index (χ1v) is 12.1. The van der Waals surface area contributed by atoms with Crippen molar-refractivity contribution < 1.29 is 29.0 Å². The maximum absolute atomic E-state index is 13.8. The van der Waals surface area contributed by atoms with E-state index in [2.05, 4.69) is 11.9 Å². The van der Waals surface area contributed by atoms with Crippen molar-refractivity contribution in [3.8, 4) is 5.75 Å². The Morgan fingerprint density at radius 2 is 1.91 bits per heavy atom. The summed E-state index contributed by atoms with van der Waals surface area (Å²) >= 11 is 0. The zero-order valence-corrected chi connectivity index (χ0v) is 20.9. The number of nitrogens with one attached hydrogen (secondary N) is 1. The number of carbonyl (C=O) groups excluding carboxylic acids is 3. The molecule has 0 radical (unpaired) electrons. The lowest BCUT2D eigenvalue weighted by atomic mass is 9.68. The van der Waals surface area contributed by atoms with E-state index >= 15 is 0 Å². The quantitative estimate of drug-likeness (QED) is 0.386. The van der Waals surface area contributed by atoms with Crippen LogP contribution < -0.4 is 10.1 Å². The molecular formula is C26H33N3O6. The molecule has 3 fully saturated rings. The molecule has 2 amide bonds. The van der Waals surface area contributed by atoms with Crippen molar-refractivity contribution >= 4 is 23.7 Å². The second-order valence-corrected chi connectivity index (χ2v) is 11.5. The number of hydrogen-bond acceptors (Lipinski definition) is 7. The van der Waals surface area contributed by atoms with Gasteiger partial charge < -0.3 is 29.7 Å². The number of anilines is 1. The van der Waals surface area contributed by atoms with E-state index in [-0.39, 0.29) is 24.0 Å². The fourth-order valence-electron chi connectivity index (χ4n) is 6.34. The van der Waals surface area contributed by atoms with Crippen molar-refractivity contribution in [3.05, 3.63) is 36.4 Å². The van der Waals surface area contributed by atoms with Crippen LogP contribution in [0.1, 0.15) is 59.4 Å². The lowest BCUT2D eigenvalue weighted by Crippen LogP contribution is -2.73. The number of fused-ring (bicyclic) bond motifs is 6. The van der Waals surface area contributed by atoms with Crippen LogP contribution in [0.25, 0.3) is 0 Å². The number of aliphatic hydroxyl groups is 1. The van der Waals surface area contributed by atoms with E-state index in [0.29, 0.717) is 24.2 Å². The van der Waals surface area contributed by atoms with Crippen molar-refractivity contribution in [3.63, 3.8) is 0 Å². The highest BCUT2D eigenvalue weighted by Crippen LogP contribution is 2.63. The Hall–Kier alpha value is -3.07. The number of piperazine rings is 1. The fraction of sp³-hybridized carbons (Fsp3) is 0.577. The van der Waals surface area contributed by atoms with E-state index in [1.165, 1.54) is 0 Å². The number of ether oxygens (including phenoxy) is 2. The van der Waals surface area contributed by atoms with E-state index in [4.69, 9.17) is 9.47 Å². The Morgan fingerprint density at radius 3 is 2.57 bits per heavy atom. The van der Waals surface area contributed by atoms with Crippen LogP contribution in [0.5, 0.6) is 5.75 Å². The average molecular weight is 484 g/mol. The molecule has 4 aliphatic heterocycles. The van der Waals surface area contributed by atoms with Gasteiger partial charge in [-0.05, 0) is 39.7 Å². The number of nitrogens with zero attached hydrogens (tertiary/aromatic N) is 2. The molecule has 2 N–H and O–H groups in total. The van der Waals surface area contributed by atoms with Crippen LogP contribution in [0.15, 0.2) is 30.9 Å². The average Bonchev–Trinajstić information content (AvgIpc) is 3.40. The molecule has 0 aromatic heterocycles. The van der Waals surface area contributed by atoms with Gasteiger partial charge in [-0.1, -0.05) is 26.0 Å². The second-order valence-electron chi connectivity index (χ2n) is 11.5. The van der Waals surface area contributed by atoms with Crippen molar-refractivity contribution in [1.82, 2.24) is 9.80 Å². The van der Waals surface area contributed by atoms with Gasteiger partial charge in [-0.2, -0.15) is 0 Å². The summed E-state index contributed by atoms with van der Waals surface area (Å²) in [5.41, 5.74) is -3.39. The summed E-state index contributed by atoms with van der Waals surface area (Å²) in [7, 11) is 0. The lowest BCUT2D eigenvalue weighted by molar-refractivity contribution is -0.169. The molecule has 5 rings (SSSR count). The molecule has 3 saturated heterocycles. The van der Waals surface area contributed by atoms with Crippen LogP contribution in [0.2, 0.25) is 0 Å². The van der Waals surface area contributed by atoms with E-state index in [0.717, 1.165) is 6.42 Å². The van der Waals surface area contributed by atoms with Gasteiger partial charge in [0.1, 0.15) is 29.0 Å². The van der Waals surface area contributed by atoms with Gasteiger partial charge in [0, 0.05) is 35.7 Å². The molecule has 0 unspecified atom stereocenters. The summed E-state index contributed by atoms with van der Waals surface area (Å²) in [6, 6.07) is 3.58. The molecule has 188 valence electrons. The summed E-state index contributed by atoms with van der Waals surface area (Å²) in [5, 5.41) is 15.8. The summed E-state index contributed by atoms with van der Waals surface area (Å²) in [4.78, 5) is 42.8. The summed E-state index contributed by atoms with van der Waals surface area (Å²) in [6.45, 7) is 13.6. The minimum atomic E-state index is -1.57. The highest BCUT2D eigenvalue weighted by molar-refractivity contribution is 6.00. The standard InChI is InChI=1S/C26H33N3O6/c1-7-24(5,6)26-25(33,14-19-20(30)28-12-8-9-18(28)21(31)29(19)26)16-11-10-15(13-17(16)27-26)34-22(32)35-23(2,3)4/h7,10-11,13,18-19,27,33H,1,8-9,12,14H2,2-6H3/t18-,19-,25+,26-/m0/s1. The number of benzene rings is 1. The van der Waals surface area contributed by atoms with Crippen LogP contribution in [0.3, 0.4) is 0 Å². The molecule has 0 saturated carbocycles. The predicted octanol–water partition coefficient (Wildman–Crippen LogP) is 3.13. The van der Waals surface area contributed by atoms with Gasteiger partial charge in [-0.15, -0.1) is 6.58 Å². The first-order valence-electron chi connectivity index (χ1n) is 12.1. The van der Waals surface area contributed by atoms with Gasteiger partial charge in [0.25, 0.3) is 0 Å². The highest BCUT2D eigenvalue weighted by Gasteiger charge is 2.76. The molecule has 0 aliphatic carbocycles. The third kappa shape index (κ3) is 3.06. The molecule has 35 heavy (non-hydrogen) atoms. The largest absolute Gasteiger partial charge is 0.514 e. The molecular weight excluding hydrogens is 450 g/mol. The molecule has 0 spiro atoms. The van der Waals surface area contributed by atoms with Gasteiger partial charge >= 0.3 is 6.16 Å². The minimum absolute atomic E-state index is 0.0599. The van der Waals surface area contributed by atoms with Crippen molar-refractivity contribution in [2.24, 2.45) is 5.41 Å². The van der Waals surface area contributed by atoms with Gasteiger partial charge in [0.05, 0.1) is 0 Å². The SMILES string of the molecule is C=CC(C)(C)[C@@]12Nc3cc(OC(=O)OC(C)(C)C)ccc3[C@]1(O)C[C@H]1C(=O)N3CCC[C@H]3C(=O)N12. The maximum atomic E-state index is 13.8. The molecule has 9 heteroatoms. The normalized spacial score (nSPS) is 31.4. The van der Waals surface area contributed by atoms with E-state index in [9.17, 15) is 19.5 Å². The molecule has 4 aliphatic rings. The molecule has 0 bridgehead atoms. The second kappa shape index (κ2) is 7.22. The van der Waals surface area contributed by atoms with Crippen molar-refractivity contribution in [2.45, 2.75) is 82.8 Å². The highest BCUT2D eigenvalue weighted by atomic mass is 16.7. The van der Waals surface area contributed by atoms with E-state index < -0.39 is 40.5 Å². The monoisotopic (exact) mass is 483 g/mol. The van der Waals surface area contributed by atoms with Crippen LogP contribution in [-0.2, 0) is 19.9 Å². The zero-order valence-electron chi connectivity index (χ0n) is 20.9. The minimum Gasteiger partial charge on any atom is -0.428 e. The van der Waals surface area contributed by atoms with Gasteiger partial charge in [0.2, 0.25) is 11.8 Å². The number of carbonyl (C=O) groups is 3. The van der Waals surface area contributed by atoms with Crippen LogP contribution in [0.4, 0.5) is 10.5 Å². The maximum Gasteiger partial charge on any atom is 0.514 e. The Morgan fingerprint density at radius 1 is 1.20 bits per heavy atom. The molecule has 4 atom stereocenters. The first kappa shape index (κ1) is 23.7. The predicted molar refractivity (Wildman–Crippen MR) is 128 cm³/mol. The smallest absolute Gasteiger partial charge is 0.428 e. The number of hydrogen-bond donors (Lipinski definition) is 2. The fourth-order valence-corrected chi connectivity index (χ4v) is 6.34. The van der Waals surface area contributed by atoms with Gasteiger partial charge in [-0.25, -0.2) is 4.79 Å². The van der Waals surface area contributed by atoms with Gasteiger partial charge in [-0.3, -0.25) is 9.59 Å². The van der Waals surface area contributed by atoms with E-state index in [1.54, 1.807) is 54.8 Å². The summed E-state index contributed by atoms with van der Waals surface area (Å²) in [6.07, 6.45) is 2.32.